The normalized spacial score (nSPS) is 10.6. The number of aryl methyl sites for hydroxylation is 1. The Balaban J connectivity index is 2.00. The van der Waals surface area contributed by atoms with Gasteiger partial charge in [0.1, 0.15) is 12.4 Å². The summed E-state index contributed by atoms with van der Waals surface area (Å²) in [6.07, 6.45) is 0. The van der Waals surface area contributed by atoms with E-state index in [1.807, 2.05) is 25.1 Å². The lowest BCUT2D eigenvalue weighted by molar-refractivity contribution is 0.0180. The van der Waals surface area contributed by atoms with Gasteiger partial charge in [-0.3, -0.25) is 0 Å². The van der Waals surface area contributed by atoms with Crippen LogP contribution in [0.15, 0.2) is 18.2 Å². The van der Waals surface area contributed by atoms with Crippen LogP contribution in [0.3, 0.4) is 0 Å². The number of hydrogen-bond donors (Lipinski definition) is 1. The van der Waals surface area contributed by atoms with Gasteiger partial charge in [0.2, 0.25) is 0 Å². The third-order valence-corrected chi connectivity index (χ3v) is 2.55. The number of nitrogen functional groups attached to an aromatic ring is 1. The molecule has 0 amide bonds. The standard InChI is InChI=1S/C14H23NO4/c1-12-3-4-13(11-14(12)15)19-10-9-18-8-7-17-6-5-16-2/h3-4,11H,5-10,15H2,1-2H3. The molecule has 0 aliphatic carbocycles. The van der Waals surface area contributed by atoms with Crippen LogP contribution in [-0.2, 0) is 14.2 Å². The number of nitrogens with two attached hydrogens (primary N) is 1. The highest BCUT2D eigenvalue weighted by atomic mass is 16.6. The summed E-state index contributed by atoms with van der Waals surface area (Å²) in [5, 5.41) is 0. The average molecular weight is 269 g/mol. The maximum atomic E-state index is 5.79. The number of ether oxygens (including phenoxy) is 4. The number of anilines is 1. The van der Waals surface area contributed by atoms with Gasteiger partial charge in [-0.1, -0.05) is 6.07 Å². The Kier molecular flexibility index (Phi) is 7.97. The van der Waals surface area contributed by atoms with E-state index < -0.39 is 0 Å². The molecule has 0 fully saturated rings. The zero-order valence-corrected chi connectivity index (χ0v) is 11.7. The number of benzene rings is 1. The fraction of sp³-hybridized carbons (Fsp3) is 0.571. The molecule has 0 saturated carbocycles. The second-order valence-electron chi connectivity index (χ2n) is 4.08. The SMILES string of the molecule is COCCOCCOCCOc1ccc(C)c(N)c1. The molecular formula is C14H23NO4. The number of hydrogen-bond acceptors (Lipinski definition) is 5. The minimum atomic E-state index is 0.501. The highest BCUT2D eigenvalue weighted by Gasteiger charge is 1.98. The van der Waals surface area contributed by atoms with Crippen LogP contribution < -0.4 is 10.5 Å². The first-order valence-corrected chi connectivity index (χ1v) is 6.37. The molecule has 0 saturated heterocycles. The summed E-state index contributed by atoms with van der Waals surface area (Å²) >= 11 is 0. The van der Waals surface area contributed by atoms with Crippen molar-refractivity contribution in [3.63, 3.8) is 0 Å². The maximum absolute atomic E-state index is 5.79. The van der Waals surface area contributed by atoms with Crippen molar-refractivity contribution in [2.45, 2.75) is 6.92 Å². The summed E-state index contributed by atoms with van der Waals surface area (Å²) in [5.41, 5.74) is 7.59. The minimum absolute atomic E-state index is 0.501. The van der Waals surface area contributed by atoms with Crippen LogP contribution in [-0.4, -0.2) is 46.8 Å². The van der Waals surface area contributed by atoms with E-state index in [4.69, 9.17) is 24.7 Å². The number of rotatable bonds is 10. The van der Waals surface area contributed by atoms with Crippen molar-refractivity contribution in [2.75, 3.05) is 52.5 Å². The van der Waals surface area contributed by atoms with E-state index in [1.54, 1.807) is 7.11 Å². The van der Waals surface area contributed by atoms with E-state index in [1.165, 1.54) is 0 Å². The fourth-order valence-corrected chi connectivity index (χ4v) is 1.39. The lowest BCUT2D eigenvalue weighted by Gasteiger charge is -2.09. The van der Waals surface area contributed by atoms with Gasteiger partial charge in [-0.15, -0.1) is 0 Å². The molecule has 0 unspecified atom stereocenters. The zero-order valence-electron chi connectivity index (χ0n) is 11.7. The molecule has 0 heterocycles. The van der Waals surface area contributed by atoms with E-state index in [0.717, 1.165) is 17.0 Å². The van der Waals surface area contributed by atoms with E-state index in [-0.39, 0.29) is 0 Å². The lowest BCUT2D eigenvalue weighted by Crippen LogP contribution is -2.12. The van der Waals surface area contributed by atoms with E-state index in [9.17, 15) is 0 Å². The Morgan fingerprint density at radius 2 is 1.58 bits per heavy atom. The van der Waals surface area contributed by atoms with Crippen LogP contribution in [0.4, 0.5) is 5.69 Å². The molecule has 1 aromatic carbocycles. The molecule has 0 radical (unpaired) electrons. The van der Waals surface area contributed by atoms with Gasteiger partial charge in [-0.25, -0.2) is 0 Å². The molecule has 2 N–H and O–H groups in total. The Morgan fingerprint density at radius 1 is 0.947 bits per heavy atom. The van der Waals surface area contributed by atoms with Gasteiger partial charge in [-0.05, 0) is 18.6 Å². The summed E-state index contributed by atoms with van der Waals surface area (Å²) in [5.74, 6) is 0.767. The van der Waals surface area contributed by atoms with Gasteiger partial charge >= 0.3 is 0 Å². The van der Waals surface area contributed by atoms with Crippen LogP contribution in [0.2, 0.25) is 0 Å². The smallest absolute Gasteiger partial charge is 0.121 e. The van der Waals surface area contributed by atoms with Crippen molar-refractivity contribution in [2.24, 2.45) is 0 Å². The second kappa shape index (κ2) is 9.61. The first-order chi connectivity index (χ1) is 9.24. The van der Waals surface area contributed by atoms with Crippen molar-refractivity contribution in [3.8, 4) is 5.75 Å². The molecule has 1 rings (SSSR count). The average Bonchev–Trinajstić information content (AvgIpc) is 2.41. The van der Waals surface area contributed by atoms with Crippen LogP contribution in [0.1, 0.15) is 5.56 Å². The van der Waals surface area contributed by atoms with Crippen molar-refractivity contribution >= 4 is 5.69 Å². The molecule has 0 aliphatic rings. The van der Waals surface area contributed by atoms with Crippen molar-refractivity contribution in [1.29, 1.82) is 0 Å². The summed E-state index contributed by atoms with van der Waals surface area (Å²) < 4.78 is 21.0. The van der Waals surface area contributed by atoms with Gasteiger partial charge in [-0.2, -0.15) is 0 Å². The molecule has 108 valence electrons. The Hall–Kier alpha value is -1.30. The van der Waals surface area contributed by atoms with Crippen LogP contribution in [0.5, 0.6) is 5.75 Å². The Morgan fingerprint density at radius 3 is 2.21 bits per heavy atom. The van der Waals surface area contributed by atoms with E-state index >= 15 is 0 Å². The molecular weight excluding hydrogens is 246 g/mol. The first kappa shape index (κ1) is 15.8. The summed E-state index contributed by atoms with van der Waals surface area (Å²) in [7, 11) is 1.65. The Labute approximate surface area is 114 Å². The highest BCUT2D eigenvalue weighted by Crippen LogP contribution is 2.18. The largest absolute Gasteiger partial charge is 0.491 e. The maximum Gasteiger partial charge on any atom is 0.121 e. The molecule has 0 bridgehead atoms. The van der Waals surface area contributed by atoms with Crippen LogP contribution in [0, 0.1) is 6.92 Å². The number of methoxy groups -OCH3 is 1. The third kappa shape index (κ3) is 7.00. The van der Waals surface area contributed by atoms with Gasteiger partial charge in [0, 0.05) is 18.9 Å². The lowest BCUT2D eigenvalue weighted by atomic mass is 10.2. The van der Waals surface area contributed by atoms with Crippen LogP contribution in [0.25, 0.3) is 0 Å². The minimum Gasteiger partial charge on any atom is -0.491 e. The molecule has 1 aromatic rings. The van der Waals surface area contributed by atoms with Crippen molar-refractivity contribution in [1.82, 2.24) is 0 Å². The molecule has 0 aliphatic heterocycles. The summed E-state index contributed by atoms with van der Waals surface area (Å²) in [6.45, 7) is 5.33. The van der Waals surface area contributed by atoms with Gasteiger partial charge in [0.05, 0.1) is 33.0 Å². The molecule has 19 heavy (non-hydrogen) atoms. The highest BCUT2D eigenvalue weighted by molar-refractivity contribution is 5.50. The monoisotopic (exact) mass is 269 g/mol. The molecule has 5 nitrogen and oxygen atoms in total. The predicted molar refractivity (Wildman–Crippen MR) is 74.6 cm³/mol. The zero-order chi connectivity index (χ0) is 13.9. The molecule has 0 atom stereocenters. The third-order valence-electron chi connectivity index (χ3n) is 2.55. The topological polar surface area (TPSA) is 62.9 Å². The second-order valence-corrected chi connectivity index (χ2v) is 4.08. The molecule has 0 aromatic heterocycles. The molecule has 0 spiro atoms. The predicted octanol–water partition coefficient (Wildman–Crippen LogP) is 1.64. The summed E-state index contributed by atoms with van der Waals surface area (Å²) in [6, 6.07) is 5.66. The quantitative estimate of drug-likeness (QED) is 0.517. The molecule has 5 heteroatoms. The first-order valence-electron chi connectivity index (χ1n) is 6.37. The fourth-order valence-electron chi connectivity index (χ4n) is 1.39. The van der Waals surface area contributed by atoms with Crippen molar-refractivity contribution < 1.29 is 18.9 Å². The van der Waals surface area contributed by atoms with Gasteiger partial charge in [0.25, 0.3) is 0 Å². The summed E-state index contributed by atoms with van der Waals surface area (Å²) in [4.78, 5) is 0. The van der Waals surface area contributed by atoms with Gasteiger partial charge in [0.15, 0.2) is 0 Å². The van der Waals surface area contributed by atoms with E-state index in [0.29, 0.717) is 39.6 Å². The Bertz CT molecular complexity index is 357. The van der Waals surface area contributed by atoms with Gasteiger partial charge < -0.3 is 24.7 Å². The van der Waals surface area contributed by atoms with E-state index in [2.05, 4.69) is 0 Å². The van der Waals surface area contributed by atoms with Crippen molar-refractivity contribution in [3.05, 3.63) is 23.8 Å². The van der Waals surface area contributed by atoms with Crippen LogP contribution >= 0.6 is 0 Å².